The van der Waals surface area contributed by atoms with Crippen molar-refractivity contribution in [3.05, 3.63) is 187 Å². The fourth-order valence-electron chi connectivity index (χ4n) is 6.49. The number of hydrazone groups is 2. The van der Waals surface area contributed by atoms with Crippen molar-refractivity contribution < 1.29 is 19.2 Å². The maximum Gasteiger partial charge on any atom is 0.259 e. The predicted octanol–water partition coefficient (Wildman–Crippen LogP) is 10.8. The molecule has 8 rings (SSSR count). The molecule has 10 nitrogen and oxygen atoms in total. The van der Waals surface area contributed by atoms with Crippen LogP contribution in [0.5, 0.6) is 0 Å². The van der Waals surface area contributed by atoms with Crippen LogP contribution in [-0.4, -0.2) is 34.8 Å². The van der Waals surface area contributed by atoms with Gasteiger partial charge in [0.25, 0.3) is 11.8 Å². The summed E-state index contributed by atoms with van der Waals surface area (Å²) >= 11 is 25.9. The molecule has 0 aromatic heterocycles. The molecule has 0 heterocycles. The Bertz CT molecular complexity index is 2730. The highest BCUT2D eigenvalue weighted by molar-refractivity contribution is 6.60. The maximum atomic E-state index is 13.7. The maximum absolute atomic E-state index is 13.7. The van der Waals surface area contributed by atoms with Crippen LogP contribution in [0.15, 0.2) is 155 Å². The van der Waals surface area contributed by atoms with Gasteiger partial charge < -0.3 is 10.6 Å². The fraction of sp³-hybridized carbons (Fsp3) is 0. The van der Waals surface area contributed by atoms with Gasteiger partial charge >= 0.3 is 0 Å². The standard InChI is InChI=1S/C46H28Cl4N6O4/c47-33-13-5-7-15-39(33)53-55-41-29-11-3-1-9-27(29)21-31(43(41)57)45(59)51-37-19-17-25(23-35(37)49)26-18-20-38(36(50)24-26)52-46(60)32-22-28-10-2-4-12-30(28)42(44(32)58)56-54-40-16-8-6-14-34(40)48/h1-24,53-54H,(H,51,59)(H,52,60)/b55-41-,56-42+. The summed E-state index contributed by atoms with van der Waals surface area (Å²) < 4.78 is 0. The molecule has 0 aliphatic heterocycles. The van der Waals surface area contributed by atoms with E-state index in [0.29, 0.717) is 54.8 Å². The Kier molecular flexibility index (Phi) is 11.5. The summed E-state index contributed by atoms with van der Waals surface area (Å²) in [5.74, 6) is -2.53. The number of nitrogens with one attached hydrogen (secondary N) is 4. The third kappa shape index (κ3) is 8.22. The summed E-state index contributed by atoms with van der Waals surface area (Å²) in [7, 11) is 0. The SMILES string of the molecule is O=C(Nc1ccc(-c2ccc(NC(=O)C3=Cc4ccccc4/C(=N\Nc4ccccc4Cl)C3=O)c(Cl)c2)cc1Cl)C1=Cc2ccccc2/C(=N/Nc2ccccc2Cl)C1=O. The highest BCUT2D eigenvalue weighted by Crippen LogP contribution is 2.34. The minimum atomic E-state index is -0.678. The van der Waals surface area contributed by atoms with Crippen molar-refractivity contribution in [1.29, 1.82) is 0 Å². The van der Waals surface area contributed by atoms with Crippen LogP contribution in [0.25, 0.3) is 23.3 Å². The van der Waals surface area contributed by atoms with E-state index < -0.39 is 23.4 Å². The van der Waals surface area contributed by atoms with Gasteiger partial charge in [0.15, 0.2) is 0 Å². The summed E-state index contributed by atoms with van der Waals surface area (Å²) in [5.41, 5.74) is 10.7. The Morgan fingerprint density at radius 1 is 0.433 bits per heavy atom. The van der Waals surface area contributed by atoms with E-state index in [9.17, 15) is 19.2 Å². The Labute approximate surface area is 363 Å². The molecule has 294 valence electrons. The first-order valence-corrected chi connectivity index (χ1v) is 19.7. The zero-order valence-electron chi connectivity index (χ0n) is 30.9. The van der Waals surface area contributed by atoms with Gasteiger partial charge in [-0.15, -0.1) is 0 Å². The summed E-state index contributed by atoms with van der Waals surface area (Å²) in [6.07, 6.45) is 3.02. The van der Waals surface area contributed by atoms with Crippen LogP contribution < -0.4 is 21.5 Å². The summed E-state index contributed by atoms with van der Waals surface area (Å²) in [6, 6.07) is 38.0. The van der Waals surface area contributed by atoms with Crippen LogP contribution in [0.1, 0.15) is 22.3 Å². The highest BCUT2D eigenvalue weighted by atomic mass is 35.5. The van der Waals surface area contributed by atoms with Gasteiger partial charge in [-0.3, -0.25) is 30.0 Å². The molecule has 0 radical (unpaired) electrons. The van der Waals surface area contributed by atoms with Crippen molar-refractivity contribution in [3.63, 3.8) is 0 Å². The van der Waals surface area contributed by atoms with E-state index in [1.807, 2.05) is 0 Å². The lowest BCUT2D eigenvalue weighted by Gasteiger charge is -2.18. The first-order valence-electron chi connectivity index (χ1n) is 18.2. The van der Waals surface area contributed by atoms with Gasteiger partial charge in [0.05, 0.1) is 54.0 Å². The van der Waals surface area contributed by atoms with Crippen molar-refractivity contribution in [2.24, 2.45) is 10.2 Å². The average Bonchev–Trinajstić information content (AvgIpc) is 3.25. The molecule has 0 unspecified atom stereocenters. The number of ketones is 2. The van der Waals surface area contributed by atoms with Crippen LogP contribution >= 0.6 is 46.4 Å². The van der Waals surface area contributed by atoms with Crippen LogP contribution in [0.3, 0.4) is 0 Å². The number of nitrogens with zero attached hydrogens (tertiary/aromatic N) is 2. The Hall–Kier alpha value is -6.82. The normalized spacial score (nSPS) is 14.5. The fourth-order valence-corrected chi connectivity index (χ4v) is 7.30. The number of carbonyl (C=O) groups is 4. The van der Waals surface area contributed by atoms with Crippen LogP contribution in [0, 0.1) is 0 Å². The second-order valence-electron chi connectivity index (χ2n) is 13.4. The van der Waals surface area contributed by atoms with Crippen molar-refractivity contribution in [1.82, 2.24) is 0 Å². The highest BCUT2D eigenvalue weighted by Gasteiger charge is 2.32. The van der Waals surface area contributed by atoms with E-state index in [2.05, 4.69) is 31.7 Å². The lowest BCUT2D eigenvalue weighted by atomic mass is 9.89. The Balaban J connectivity index is 0.975. The number of benzene rings is 6. The summed E-state index contributed by atoms with van der Waals surface area (Å²) in [6.45, 7) is 0. The number of anilines is 4. The van der Waals surface area contributed by atoms with Gasteiger partial charge in [-0.25, -0.2) is 0 Å². The largest absolute Gasteiger partial charge is 0.321 e. The van der Waals surface area contributed by atoms with Crippen LogP contribution in [-0.2, 0) is 19.2 Å². The zero-order chi connectivity index (χ0) is 41.9. The Morgan fingerprint density at radius 2 is 0.817 bits per heavy atom. The number of halogens is 4. The van der Waals surface area contributed by atoms with Crippen molar-refractivity contribution in [2.75, 3.05) is 21.5 Å². The van der Waals surface area contributed by atoms with Crippen molar-refractivity contribution >= 4 is 116 Å². The van der Waals surface area contributed by atoms with E-state index in [1.54, 1.807) is 133 Å². The second kappa shape index (κ2) is 17.2. The third-order valence-electron chi connectivity index (χ3n) is 9.53. The number of hydrogen-bond donors (Lipinski definition) is 4. The molecule has 14 heteroatoms. The number of Topliss-reactive ketones (excluding diaryl/α,β-unsaturated/α-hetero) is 2. The topological polar surface area (TPSA) is 141 Å². The number of carbonyl (C=O) groups excluding carboxylic acids is 4. The van der Waals surface area contributed by atoms with Crippen LogP contribution in [0.4, 0.5) is 22.7 Å². The number of rotatable bonds is 9. The van der Waals surface area contributed by atoms with Crippen LogP contribution in [0.2, 0.25) is 20.1 Å². The van der Waals surface area contributed by atoms with E-state index in [-0.39, 0.29) is 44.0 Å². The minimum Gasteiger partial charge on any atom is -0.321 e. The molecule has 6 aromatic rings. The van der Waals surface area contributed by atoms with Crippen molar-refractivity contribution in [3.8, 4) is 11.1 Å². The van der Waals surface area contributed by atoms with E-state index in [4.69, 9.17) is 46.4 Å². The summed E-state index contributed by atoms with van der Waals surface area (Å²) in [5, 5.41) is 15.4. The lowest BCUT2D eigenvalue weighted by molar-refractivity contribution is -0.118. The third-order valence-corrected chi connectivity index (χ3v) is 10.8. The molecule has 2 aliphatic carbocycles. The van der Waals surface area contributed by atoms with E-state index in [1.165, 1.54) is 12.2 Å². The quantitative estimate of drug-likeness (QED) is 0.0842. The Morgan fingerprint density at radius 3 is 1.22 bits per heavy atom. The smallest absolute Gasteiger partial charge is 0.259 e. The molecular formula is C46H28Cl4N6O4. The number of amides is 2. The van der Waals surface area contributed by atoms with Gasteiger partial charge in [0, 0.05) is 11.1 Å². The van der Waals surface area contributed by atoms with Gasteiger partial charge in [0.1, 0.15) is 11.4 Å². The first-order chi connectivity index (χ1) is 29.0. The molecule has 0 saturated heterocycles. The second-order valence-corrected chi connectivity index (χ2v) is 15.0. The monoisotopic (exact) mass is 868 g/mol. The molecule has 0 bridgehead atoms. The molecule has 0 atom stereocenters. The van der Waals surface area contributed by atoms with Gasteiger partial charge in [-0.1, -0.05) is 131 Å². The van der Waals surface area contributed by atoms with Crippen molar-refractivity contribution in [2.45, 2.75) is 0 Å². The molecule has 0 spiro atoms. The average molecular weight is 871 g/mol. The minimum absolute atomic E-state index is 0.0454. The molecular weight excluding hydrogens is 842 g/mol. The molecule has 2 aliphatic rings. The van der Waals surface area contributed by atoms with Gasteiger partial charge in [0.2, 0.25) is 11.6 Å². The van der Waals surface area contributed by atoms with E-state index in [0.717, 1.165) is 0 Å². The first kappa shape index (κ1) is 40.0. The van der Waals surface area contributed by atoms with Gasteiger partial charge in [-0.2, -0.15) is 10.2 Å². The molecule has 6 aromatic carbocycles. The van der Waals surface area contributed by atoms with E-state index >= 15 is 0 Å². The number of para-hydroxylation sites is 2. The molecule has 0 saturated carbocycles. The van der Waals surface area contributed by atoms with Gasteiger partial charge in [-0.05, 0) is 82.9 Å². The lowest BCUT2D eigenvalue weighted by Crippen LogP contribution is -2.30. The predicted molar refractivity (Wildman–Crippen MR) is 241 cm³/mol. The molecule has 4 N–H and O–H groups in total. The zero-order valence-corrected chi connectivity index (χ0v) is 33.9. The molecule has 0 fully saturated rings. The number of hydrogen-bond acceptors (Lipinski definition) is 8. The summed E-state index contributed by atoms with van der Waals surface area (Å²) in [4.78, 5) is 54.6. The molecule has 2 amide bonds. The molecule has 60 heavy (non-hydrogen) atoms. The number of fused-ring (bicyclic) bond motifs is 2.